The van der Waals surface area contributed by atoms with Crippen molar-refractivity contribution in [2.24, 2.45) is 0 Å². The number of fused-ring (bicyclic) bond motifs is 1. The molecule has 0 saturated heterocycles. The molecule has 0 saturated carbocycles. The van der Waals surface area contributed by atoms with Crippen LogP contribution in [0.25, 0.3) is 11.0 Å². The number of rotatable bonds is 3. The second kappa shape index (κ2) is 5.68. The van der Waals surface area contributed by atoms with Crippen LogP contribution in [0.3, 0.4) is 0 Å². The Hall–Kier alpha value is -0.950. The Kier molecular flexibility index (Phi) is 4.05. The van der Waals surface area contributed by atoms with E-state index in [9.17, 15) is 0 Å². The summed E-state index contributed by atoms with van der Waals surface area (Å²) in [6, 6.07) is 1.72. The van der Waals surface area contributed by atoms with Crippen LogP contribution in [0.15, 0.2) is 6.07 Å². The van der Waals surface area contributed by atoms with E-state index in [0.717, 1.165) is 33.4 Å². The van der Waals surface area contributed by atoms with E-state index < -0.39 is 0 Å². The van der Waals surface area contributed by atoms with E-state index in [1.165, 1.54) is 11.3 Å². The molecule has 0 fully saturated rings. The molecule has 0 amide bonds. The fourth-order valence-electron chi connectivity index (χ4n) is 2.21. The van der Waals surface area contributed by atoms with E-state index >= 15 is 0 Å². The molecular weight excluding hydrogens is 347 g/mol. The molecule has 0 atom stereocenters. The molecule has 21 heavy (non-hydrogen) atoms. The van der Waals surface area contributed by atoms with Gasteiger partial charge in [-0.05, 0) is 12.0 Å². The minimum absolute atomic E-state index is 0.309. The van der Waals surface area contributed by atoms with E-state index in [-0.39, 0.29) is 0 Å². The van der Waals surface area contributed by atoms with Gasteiger partial charge in [-0.1, -0.05) is 37.0 Å². The van der Waals surface area contributed by atoms with Gasteiger partial charge < -0.3 is 5.73 Å². The second-order valence-corrected chi connectivity index (χ2v) is 7.43. The van der Waals surface area contributed by atoms with Gasteiger partial charge in [0.15, 0.2) is 5.13 Å². The quantitative estimate of drug-likeness (QED) is 0.733. The number of nitrogen functional groups attached to an aromatic ring is 1. The first-order valence-electron chi connectivity index (χ1n) is 6.31. The maximum absolute atomic E-state index is 6.36. The topological polar surface area (TPSA) is 64.7 Å². The zero-order valence-corrected chi connectivity index (χ0v) is 14.5. The summed E-state index contributed by atoms with van der Waals surface area (Å²) in [7, 11) is 0. The number of hydrogen-bond donors (Lipinski definition) is 1. The highest BCUT2D eigenvalue weighted by Gasteiger charge is 2.19. The number of halogens is 2. The van der Waals surface area contributed by atoms with Crippen LogP contribution in [-0.4, -0.2) is 13.7 Å². The summed E-state index contributed by atoms with van der Waals surface area (Å²) in [5.41, 5.74) is 9.25. The van der Waals surface area contributed by atoms with Gasteiger partial charge in [-0.3, -0.25) is 0 Å². The number of aromatic nitrogens is 3. The van der Waals surface area contributed by atoms with Crippen molar-refractivity contribution in [3.05, 3.63) is 32.2 Å². The fourth-order valence-corrected chi connectivity index (χ4v) is 4.41. The van der Waals surface area contributed by atoms with E-state index in [0.29, 0.717) is 33.0 Å². The van der Waals surface area contributed by atoms with Gasteiger partial charge in [0.25, 0.3) is 0 Å². The van der Waals surface area contributed by atoms with Crippen LogP contribution in [0.1, 0.15) is 35.9 Å². The molecule has 0 aliphatic rings. The van der Waals surface area contributed by atoms with Gasteiger partial charge in [-0.15, -0.1) is 11.3 Å². The highest BCUT2D eigenvalue weighted by atomic mass is 35.5. The molecule has 2 N–H and O–H groups in total. The molecule has 1 aromatic carbocycles. The van der Waals surface area contributed by atoms with Crippen molar-refractivity contribution in [3.63, 3.8) is 0 Å². The molecule has 3 rings (SSSR count). The van der Waals surface area contributed by atoms with Crippen molar-refractivity contribution in [1.29, 1.82) is 0 Å². The Labute approximate surface area is 140 Å². The first-order chi connectivity index (χ1) is 9.97. The van der Waals surface area contributed by atoms with Crippen LogP contribution in [0.2, 0.25) is 10.0 Å². The van der Waals surface area contributed by atoms with E-state index in [4.69, 9.17) is 28.9 Å². The summed E-state index contributed by atoms with van der Waals surface area (Å²) < 4.78 is 8.56. The lowest BCUT2D eigenvalue weighted by Gasteiger charge is -2.08. The third kappa shape index (κ3) is 2.73. The normalized spacial score (nSPS) is 11.7. The Morgan fingerprint density at radius 1 is 1.19 bits per heavy atom. The lowest BCUT2D eigenvalue weighted by Crippen LogP contribution is -1.97. The molecule has 2 aromatic heterocycles. The maximum atomic E-state index is 6.36. The Balaban J connectivity index is 2.12. The average molecular weight is 359 g/mol. The molecule has 0 spiro atoms. The summed E-state index contributed by atoms with van der Waals surface area (Å²) >= 11 is 15.1. The summed E-state index contributed by atoms with van der Waals surface area (Å²) in [4.78, 5) is 5.53. The van der Waals surface area contributed by atoms with Crippen LogP contribution >= 0.6 is 46.3 Å². The summed E-state index contributed by atoms with van der Waals surface area (Å²) in [6.07, 6.45) is 0.639. The minimum Gasteiger partial charge on any atom is -0.375 e. The number of nitrogens with zero attached hydrogens (tertiary/aromatic N) is 3. The van der Waals surface area contributed by atoms with E-state index in [1.54, 1.807) is 6.07 Å². The first-order valence-corrected chi connectivity index (χ1v) is 8.62. The third-order valence-electron chi connectivity index (χ3n) is 3.17. The number of hydrogen-bond acceptors (Lipinski definition) is 6. The minimum atomic E-state index is 0.309. The Bertz CT molecular complexity index is 810. The smallest absolute Gasteiger partial charge is 0.180 e. The standard InChI is InChI=1S/C13H12Cl2N4S2/c1-5(2)10-9(20-13(16)17-10)3-6-7(14)4-8(15)12-11(6)18-21-19-12/h4-5H,3H2,1-2H3,(H2,16,17). The van der Waals surface area contributed by atoms with Gasteiger partial charge in [0.05, 0.1) is 22.4 Å². The van der Waals surface area contributed by atoms with Crippen LogP contribution < -0.4 is 5.73 Å². The number of nitrogens with two attached hydrogens (primary N) is 1. The van der Waals surface area contributed by atoms with Crippen LogP contribution in [0.4, 0.5) is 5.13 Å². The van der Waals surface area contributed by atoms with E-state index in [1.807, 2.05) is 0 Å². The lowest BCUT2D eigenvalue weighted by molar-refractivity contribution is 0.820. The first kappa shape index (κ1) is 15.0. The molecule has 3 aromatic rings. The van der Waals surface area contributed by atoms with Gasteiger partial charge in [0.2, 0.25) is 0 Å². The molecular formula is C13H12Cl2N4S2. The van der Waals surface area contributed by atoms with Crippen molar-refractivity contribution < 1.29 is 0 Å². The molecule has 8 heteroatoms. The van der Waals surface area contributed by atoms with Crippen molar-refractivity contribution in [3.8, 4) is 0 Å². The van der Waals surface area contributed by atoms with Gasteiger partial charge in [0, 0.05) is 21.9 Å². The predicted molar refractivity (Wildman–Crippen MR) is 90.9 cm³/mol. The predicted octanol–water partition coefficient (Wildman–Crippen LogP) is 4.75. The summed E-state index contributed by atoms with van der Waals surface area (Å²) in [6.45, 7) is 4.20. The molecule has 0 bridgehead atoms. The summed E-state index contributed by atoms with van der Waals surface area (Å²) in [5, 5.41) is 1.70. The molecule has 0 unspecified atom stereocenters. The van der Waals surface area contributed by atoms with Gasteiger partial charge in [-0.25, -0.2) is 4.98 Å². The van der Waals surface area contributed by atoms with E-state index in [2.05, 4.69) is 27.6 Å². The Morgan fingerprint density at radius 2 is 1.90 bits per heavy atom. The Morgan fingerprint density at radius 3 is 2.62 bits per heavy atom. The highest BCUT2D eigenvalue weighted by Crippen LogP contribution is 2.36. The SMILES string of the molecule is CC(C)c1nc(N)sc1Cc1c(Cl)cc(Cl)c2nsnc12. The zero-order chi connectivity index (χ0) is 15.1. The summed E-state index contributed by atoms with van der Waals surface area (Å²) in [5.74, 6) is 0.309. The molecule has 2 heterocycles. The molecule has 0 radical (unpaired) electrons. The lowest BCUT2D eigenvalue weighted by atomic mass is 10.0. The monoisotopic (exact) mass is 358 g/mol. The van der Waals surface area contributed by atoms with Crippen LogP contribution in [0, 0.1) is 0 Å². The zero-order valence-electron chi connectivity index (χ0n) is 11.4. The molecule has 4 nitrogen and oxygen atoms in total. The van der Waals surface area contributed by atoms with Gasteiger partial charge >= 0.3 is 0 Å². The van der Waals surface area contributed by atoms with Crippen molar-refractivity contribution in [2.45, 2.75) is 26.2 Å². The number of thiazole rings is 1. The largest absolute Gasteiger partial charge is 0.375 e. The molecule has 0 aliphatic carbocycles. The third-order valence-corrected chi connectivity index (χ3v) is 5.22. The molecule has 110 valence electrons. The van der Waals surface area contributed by atoms with Gasteiger partial charge in [-0.2, -0.15) is 8.75 Å². The fraction of sp³-hybridized carbons (Fsp3) is 0.308. The molecule has 0 aliphatic heterocycles. The van der Waals surface area contributed by atoms with Crippen LogP contribution in [-0.2, 0) is 6.42 Å². The number of benzene rings is 1. The number of anilines is 1. The maximum Gasteiger partial charge on any atom is 0.180 e. The van der Waals surface area contributed by atoms with Crippen molar-refractivity contribution in [2.75, 3.05) is 5.73 Å². The second-order valence-electron chi connectivity index (χ2n) is 4.97. The van der Waals surface area contributed by atoms with Crippen molar-refractivity contribution >= 4 is 62.4 Å². The highest BCUT2D eigenvalue weighted by molar-refractivity contribution is 7.15. The average Bonchev–Trinajstić information content (AvgIpc) is 3.01. The van der Waals surface area contributed by atoms with Crippen LogP contribution in [0.5, 0.6) is 0 Å². The van der Waals surface area contributed by atoms with Gasteiger partial charge in [0.1, 0.15) is 11.0 Å². The van der Waals surface area contributed by atoms with Crippen molar-refractivity contribution in [1.82, 2.24) is 13.7 Å².